The summed E-state index contributed by atoms with van der Waals surface area (Å²) in [7, 11) is 2.00. The first-order valence-corrected chi connectivity index (χ1v) is 6.01. The van der Waals surface area contributed by atoms with E-state index in [0.29, 0.717) is 6.54 Å². The Morgan fingerprint density at radius 3 is 3.27 bits per heavy atom. The number of hydrogen-bond acceptors (Lipinski definition) is 4. The number of nitrogens with one attached hydrogen (secondary N) is 1. The van der Waals surface area contributed by atoms with Gasteiger partial charge in [-0.25, -0.2) is 4.98 Å². The number of amides is 1. The van der Waals surface area contributed by atoms with Crippen LogP contribution in [0.2, 0.25) is 0 Å². The Labute approximate surface area is 93.3 Å². The summed E-state index contributed by atoms with van der Waals surface area (Å²) in [5, 5.41) is 5.81. The zero-order valence-corrected chi connectivity index (χ0v) is 9.59. The van der Waals surface area contributed by atoms with E-state index in [1.165, 1.54) is 0 Å². The molecule has 0 bridgehead atoms. The van der Waals surface area contributed by atoms with E-state index in [2.05, 4.69) is 15.2 Å². The minimum Gasteiger partial charge on any atom is -0.348 e. The van der Waals surface area contributed by atoms with Crippen LogP contribution in [0.4, 0.5) is 0 Å². The minimum atomic E-state index is 0.0602. The van der Waals surface area contributed by atoms with E-state index in [4.69, 9.17) is 0 Å². The van der Waals surface area contributed by atoms with Crippen molar-refractivity contribution in [2.75, 3.05) is 13.6 Å². The molecule has 0 spiro atoms. The molecule has 2 rings (SSSR count). The van der Waals surface area contributed by atoms with Crippen molar-refractivity contribution in [1.82, 2.24) is 15.2 Å². The van der Waals surface area contributed by atoms with Gasteiger partial charge in [0.25, 0.3) is 0 Å². The Kier molecular flexibility index (Phi) is 3.33. The smallest absolute Gasteiger partial charge is 0.237 e. The molecule has 1 aliphatic rings. The fourth-order valence-corrected chi connectivity index (χ4v) is 2.42. The summed E-state index contributed by atoms with van der Waals surface area (Å²) in [6, 6.07) is 0.0602. The fourth-order valence-electron chi connectivity index (χ4n) is 1.86. The summed E-state index contributed by atoms with van der Waals surface area (Å²) in [5.74, 6) is 0.130. The lowest BCUT2D eigenvalue weighted by molar-refractivity contribution is -0.125. The zero-order valence-electron chi connectivity index (χ0n) is 8.77. The van der Waals surface area contributed by atoms with Crippen LogP contribution in [0.1, 0.15) is 17.8 Å². The molecule has 15 heavy (non-hydrogen) atoms. The molecule has 1 atom stereocenters. The predicted molar refractivity (Wildman–Crippen MR) is 59.6 cm³/mol. The van der Waals surface area contributed by atoms with Gasteiger partial charge in [0.1, 0.15) is 5.01 Å². The van der Waals surface area contributed by atoms with Crippen molar-refractivity contribution in [1.29, 1.82) is 0 Å². The van der Waals surface area contributed by atoms with Gasteiger partial charge < -0.3 is 5.32 Å². The molecule has 0 aliphatic carbocycles. The summed E-state index contributed by atoms with van der Waals surface area (Å²) < 4.78 is 0. The van der Waals surface area contributed by atoms with E-state index in [0.717, 1.165) is 24.4 Å². The molecule has 1 N–H and O–H groups in total. The summed E-state index contributed by atoms with van der Waals surface area (Å²) in [4.78, 5) is 18.0. The van der Waals surface area contributed by atoms with Gasteiger partial charge in [0.05, 0.1) is 12.6 Å². The van der Waals surface area contributed by atoms with Crippen LogP contribution in [-0.2, 0) is 11.3 Å². The van der Waals surface area contributed by atoms with E-state index in [1.807, 2.05) is 12.4 Å². The SMILES string of the molecule is CN1CCCC1C(=O)NCc1nccs1. The maximum Gasteiger partial charge on any atom is 0.237 e. The van der Waals surface area contributed by atoms with Gasteiger partial charge in [-0.15, -0.1) is 11.3 Å². The van der Waals surface area contributed by atoms with E-state index in [9.17, 15) is 4.79 Å². The molecule has 0 saturated carbocycles. The number of thiazole rings is 1. The molecular weight excluding hydrogens is 210 g/mol. The Morgan fingerprint density at radius 2 is 2.67 bits per heavy atom. The molecule has 1 amide bonds. The van der Waals surface area contributed by atoms with Gasteiger partial charge in [-0.3, -0.25) is 9.69 Å². The van der Waals surface area contributed by atoms with Gasteiger partial charge in [0.15, 0.2) is 0 Å². The number of rotatable bonds is 3. The summed E-state index contributed by atoms with van der Waals surface area (Å²) in [6.45, 7) is 1.58. The van der Waals surface area contributed by atoms with Crippen molar-refractivity contribution in [2.45, 2.75) is 25.4 Å². The molecule has 1 aromatic rings. The van der Waals surface area contributed by atoms with Crippen molar-refractivity contribution in [3.63, 3.8) is 0 Å². The van der Waals surface area contributed by atoms with Gasteiger partial charge in [-0.2, -0.15) is 0 Å². The second-order valence-electron chi connectivity index (χ2n) is 3.78. The highest BCUT2D eigenvalue weighted by Gasteiger charge is 2.27. The predicted octanol–water partition coefficient (Wildman–Crippen LogP) is 0.853. The Bertz CT molecular complexity index is 325. The van der Waals surface area contributed by atoms with Crippen LogP contribution in [-0.4, -0.2) is 35.4 Å². The van der Waals surface area contributed by atoms with Crippen LogP contribution >= 0.6 is 11.3 Å². The van der Waals surface area contributed by atoms with Crippen molar-refractivity contribution < 1.29 is 4.79 Å². The lowest BCUT2D eigenvalue weighted by Crippen LogP contribution is -2.41. The monoisotopic (exact) mass is 225 g/mol. The molecule has 1 saturated heterocycles. The highest BCUT2D eigenvalue weighted by atomic mass is 32.1. The fraction of sp³-hybridized carbons (Fsp3) is 0.600. The largest absolute Gasteiger partial charge is 0.348 e. The average Bonchev–Trinajstić information content (AvgIpc) is 2.84. The highest BCUT2D eigenvalue weighted by molar-refractivity contribution is 7.09. The van der Waals surface area contributed by atoms with E-state index in [1.54, 1.807) is 17.5 Å². The van der Waals surface area contributed by atoms with Gasteiger partial charge in [-0.1, -0.05) is 0 Å². The summed E-state index contributed by atoms with van der Waals surface area (Å²) in [5.41, 5.74) is 0. The third-order valence-electron chi connectivity index (χ3n) is 2.72. The highest BCUT2D eigenvalue weighted by Crippen LogP contribution is 2.14. The molecule has 2 heterocycles. The molecule has 0 aromatic carbocycles. The first kappa shape index (κ1) is 10.6. The van der Waals surface area contributed by atoms with Crippen LogP contribution < -0.4 is 5.32 Å². The molecule has 1 fully saturated rings. The maximum atomic E-state index is 11.8. The number of aromatic nitrogens is 1. The normalized spacial score (nSPS) is 21.8. The second-order valence-corrected chi connectivity index (χ2v) is 4.76. The van der Waals surface area contributed by atoms with Crippen LogP contribution in [0.15, 0.2) is 11.6 Å². The molecule has 82 valence electrons. The number of nitrogens with zero attached hydrogens (tertiary/aromatic N) is 2. The van der Waals surface area contributed by atoms with Gasteiger partial charge >= 0.3 is 0 Å². The van der Waals surface area contributed by atoms with Gasteiger partial charge in [-0.05, 0) is 26.4 Å². The number of carbonyl (C=O) groups is 1. The maximum absolute atomic E-state index is 11.8. The van der Waals surface area contributed by atoms with Gasteiger partial charge in [0.2, 0.25) is 5.91 Å². The van der Waals surface area contributed by atoms with Crippen LogP contribution in [0.5, 0.6) is 0 Å². The molecule has 1 aromatic heterocycles. The lowest BCUT2D eigenvalue weighted by atomic mass is 10.2. The third-order valence-corrected chi connectivity index (χ3v) is 3.50. The molecular formula is C10H15N3OS. The summed E-state index contributed by atoms with van der Waals surface area (Å²) >= 11 is 1.57. The van der Waals surface area contributed by atoms with Gasteiger partial charge in [0, 0.05) is 11.6 Å². The number of carbonyl (C=O) groups excluding carboxylic acids is 1. The lowest BCUT2D eigenvalue weighted by Gasteiger charge is -2.18. The van der Waals surface area contributed by atoms with Crippen molar-refractivity contribution in [3.8, 4) is 0 Å². The van der Waals surface area contributed by atoms with E-state index >= 15 is 0 Å². The van der Waals surface area contributed by atoms with Crippen LogP contribution in [0.25, 0.3) is 0 Å². The quantitative estimate of drug-likeness (QED) is 0.829. The second kappa shape index (κ2) is 4.72. The van der Waals surface area contributed by atoms with Crippen molar-refractivity contribution in [3.05, 3.63) is 16.6 Å². The molecule has 1 aliphatic heterocycles. The topological polar surface area (TPSA) is 45.2 Å². The number of likely N-dealkylation sites (N-methyl/N-ethyl adjacent to an activating group) is 1. The van der Waals surface area contributed by atoms with Crippen molar-refractivity contribution in [2.24, 2.45) is 0 Å². The Balaban J connectivity index is 1.82. The molecule has 1 unspecified atom stereocenters. The standard InChI is InChI=1S/C10H15N3OS/c1-13-5-2-3-8(13)10(14)12-7-9-11-4-6-15-9/h4,6,8H,2-3,5,7H2,1H3,(H,12,14). The zero-order chi connectivity index (χ0) is 10.7. The first-order valence-electron chi connectivity index (χ1n) is 5.13. The Hall–Kier alpha value is -0.940. The van der Waals surface area contributed by atoms with Crippen LogP contribution in [0, 0.1) is 0 Å². The first-order chi connectivity index (χ1) is 7.27. The number of likely N-dealkylation sites (tertiary alicyclic amines) is 1. The van der Waals surface area contributed by atoms with E-state index in [-0.39, 0.29) is 11.9 Å². The summed E-state index contributed by atoms with van der Waals surface area (Å²) in [6.07, 6.45) is 3.85. The molecule has 0 radical (unpaired) electrons. The number of hydrogen-bond donors (Lipinski definition) is 1. The third kappa shape index (κ3) is 2.54. The van der Waals surface area contributed by atoms with E-state index < -0.39 is 0 Å². The molecule has 4 nitrogen and oxygen atoms in total. The Morgan fingerprint density at radius 1 is 1.80 bits per heavy atom. The van der Waals surface area contributed by atoms with Crippen LogP contribution in [0.3, 0.4) is 0 Å². The van der Waals surface area contributed by atoms with Crippen molar-refractivity contribution >= 4 is 17.2 Å². The minimum absolute atomic E-state index is 0.0602. The molecule has 5 heteroatoms. The average molecular weight is 225 g/mol.